The van der Waals surface area contributed by atoms with Crippen LogP contribution in [0, 0.1) is 0 Å². The molecule has 0 aliphatic carbocycles. The molecule has 0 unspecified atom stereocenters. The number of unbranched alkanes of at least 4 members (excludes halogenated alkanes) is 1. The number of rotatable bonds is 30. The first-order valence-corrected chi connectivity index (χ1v) is 24.4. The molecule has 0 fully saturated rings. The van der Waals surface area contributed by atoms with E-state index in [9.17, 15) is 53.7 Å². The van der Waals surface area contributed by atoms with Crippen LogP contribution in [0.2, 0.25) is 0 Å². The fourth-order valence-electron chi connectivity index (χ4n) is 7.62. The van der Waals surface area contributed by atoms with Crippen LogP contribution in [0.5, 0.6) is 5.75 Å². The van der Waals surface area contributed by atoms with Crippen molar-refractivity contribution in [1.29, 1.82) is 0 Å². The molecule has 4 rings (SSSR count). The quantitative estimate of drug-likeness (QED) is 0.0303. The number of carbonyl (C=O) groups is 8. The predicted octanol–water partition coefficient (Wildman–Crippen LogP) is -0.114. The summed E-state index contributed by atoms with van der Waals surface area (Å²) in [4.78, 5) is 105. The second kappa shape index (κ2) is 29.8. The lowest BCUT2D eigenvalue weighted by atomic mass is 9.98. The van der Waals surface area contributed by atoms with Gasteiger partial charge in [-0.25, -0.2) is 0 Å². The average Bonchev–Trinajstić information content (AvgIpc) is 3.38. The van der Waals surface area contributed by atoms with Gasteiger partial charge in [0.1, 0.15) is 48.5 Å². The summed E-state index contributed by atoms with van der Waals surface area (Å²) < 4.78 is 5.88. The highest BCUT2D eigenvalue weighted by molar-refractivity contribution is 5.97. The zero-order valence-electron chi connectivity index (χ0n) is 42.1. The number of carbonyl (C=O) groups excluding carboxylic acids is 6. The van der Waals surface area contributed by atoms with Crippen molar-refractivity contribution in [2.75, 3.05) is 13.1 Å². The molecule has 22 nitrogen and oxygen atoms in total. The van der Waals surface area contributed by atoms with Crippen LogP contribution < -0.4 is 49.1 Å². The lowest BCUT2D eigenvalue weighted by Gasteiger charge is -2.28. The molecule has 16 N–H and O–H groups in total. The van der Waals surface area contributed by atoms with Crippen LogP contribution in [-0.4, -0.2) is 135 Å². The SMILES string of the molecule is C[C@H](NC(=O)[C@@H](NC(=O)[C@H](Cc1ccc(O)cc1)NC(=O)[C@@H](N)Cc1ccc(-c2ccc(C[C@H](N)C(=O)O)cc2)cc1)[C@@H](C)O)C(=O)N[C@@H](CCCCN)C(=O)N[C@H](C(=O)NCC(=O)O)[C@@H](C)OCc1ccccc1. The maximum absolute atomic E-state index is 14.0. The van der Waals surface area contributed by atoms with Gasteiger partial charge in [-0.2, -0.15) is 0 Å². The minimum Gasteiger partial charge on any atom is -0.508 e. The van der Waals surface area contributed by atoms with E-state index in [1.165, 1.54) is 45.0 Å². The standard InChI is InChI=1S/C53H69N9O13/c1-30(47(67)59-42(11-7-8-24-54)49(69)62-46(51(71)57-28-44(65)66)32(3)75-29-36-9-5-4-6-10-36)58-52(72)45(31(2)63)61-50(70)43(27-35-16-22-39(64)23-17-35)60-48(68)40(55)25-33-12-18-37(19-13-33)38-20-14-34(15-21-38)26-41(56)53(73)74/h4-6,9-10,12-23,30-32,40-43,45-46,63-64H,7-8,11,24-29,54-56H2,1-3H3,(H,57,71)(H,58,72)(H,59,67)(H,60,68)(H,61,70)(H,62,69)(H,65,66)(H,73,74)/t30-,31+,32+,40-,41-,42-,43-,45-,46-/m0/s1. The topological polar surface area (TPSA) is 377 Å². The van der Waals surface area contributed by atoms with Crippen molar-refractivity contribution in [3.05, 3.63) is 125 Å². The van der Waals surface area contributed by atoms with Crippen LogP contribution in [0.4, 0.5) is 0 Å². The molecule has 0 radical (unpaired) electrons. The molecular weight excluding hydrogens is 971 g/mol. The first kappa shape index (κ1) is 59.8. The number of phenolic OH excluding ortho intramolecular Hbond substituents is 1. The van der Waals surface area contributed by atoms with Crippen molar-refractivity contribution < 1.29 is 63.5 Å². The Kier molecular flexibility index (Phi) is 23.8. The van der Waals surface area contributed by atoms with Crippen LogP contribution >= 0.6 is 0 Å². The van der Waals surface area contributed by atoms with Gasteiger partial charge in [0, 0.05) is 6.42 Å². The van der Waals surface area contributed by atoms with Gasteiger partial charge >= 0.3 is 11.9 Å². The fourth-order valence-corrected chi connectivity index (χ4v) is 7.62. The zero-order valence-corrected chi connectivity index (χ0v) is 42.1. The summed E-state index contributed by atoms with van der Waals surface area (Å²) in [7, 11) is 0. The van der Waals surface area contributed by atoms with E-state index in [0.717, 1.165) is 22.3 Å². The summed E-state index contributed by atoms with van der Waals surface area (Å²) in [5.41, 5.74) is 22.2. The summed E-state index contributed by atoms with van der Waals surface area (Å²) in [5, 5.41) is 53.9. The monoisotopic (exact) mass is 1040 g/mol. The smallest absolute Gasteiger partial charge is 0.322 e. The Morgan fingerprint density at radius 1 is 0.547 bits per heavy atom. The minimum absolute atomic E-state index is 0.0416. The highest BCUT2D eigenvalue weighted by atomic mass is 16.5. The Bertz CT molecular complexity index is 2530. The highest BCUT2D eigenvalue weighted by Gasteiger charge is 2.35. The van der Waals surface area contributed by atoms with E-state index >= 15 is 0 Å². The van der Waals surface area contributed by atoms with E-state index in [1.54, 1.807) is 48.5 Å². The second-order valence-corrected chi connectivity index (χ2v) is 18.2. The first-order valence-electron chi connectivity index (χ1n) is 24.4. The Balaban J connectivity index is 1.43. The molecule has 75 heavy (non-hydrogen) atoms. The molecular formula is C53H69N9O13. The molecule has 0 bridgehead atoms. The average molecular weight is 1040 g/mol. The van der Waals surface area contributed by atoms with E-state index < -0.39 is 108 Å². The van der Waals surface area contributed by atoms with Crippen molar-refractivity contribution >= 4 is 47.4 Å². The third-order valence-corrected chi connectivity index (χ3v) is 12.0. The number of aliphatic hydroxyl groups is 1. The number of hydrogen-bond donors (Lipinski definition) is 13. The number of nitrogens with two attached hydrogens (primary N) is 3. The summed E-state index contributed by atoms with van der Waals surface area (Å²) >= 11 is 0. The molecule has 0 aromatic heterocycles. The summed E-state index contributed by atoms with van der Waals surface area (Å²) in [6.07, 6.45) is -1.57. The van der Waals surface area contributed by atoms with Gasteiger partial charge in [-0.05, 0) is 105 Å². The molecule has 0 saturated carbocycles. The maximum Gasteiger partial charge on any atom is 0.322 e. The van der Waals surface area contributed by atoms with Gasteiger partial charge in [0.25, 0.3) is 0 Å². The normalized spacial score (nSPS) is 14.7. The number of carboxylic acids is 2. The van der Waals surface area contributed by atoms with E-state index in [2.05, 4.69) is 31.9 Å². The second-order valence-electron chi connectivity index (χ2n) is 18.2. The number of benzene rings is 4. The molecule has 9 atom stereocenters. The molecule has 0 spiro atoms. The number of phenols is 1. The van der Waals surface area contributed by atoms with Crippen molar-refractivity contribution in [2.45, 2.75) is 120 Å². The van der Waals surface area contributed by atoms with Gasteiger partial charge in [-0.15, -0.1) is 0 Å². The largest absolute Gasteiger partial charge is 0.508 e. The Labute approximate surface area is 434 Å². The zero-order chi connectivity index (χ0) is 55.2. The lowest BCUT2D eigenvalue weighted by Crippen LogP contribution is -2.61. The Morgan fingerprint density at radius 2 is 1.07 bits per heavy atom. The van der Waals surface area contributed by atoms with Gasteiger partial charge in [0.2, 0.25) is 35.4 Å². The van der Waals surface area contributed by atoms with E-state index in [0.29, 0.717) is 24.0 Å². The summed E-state index contributed by atoms with van der Waals surface area (Å²) in [5.74, 6) is -7.63. The number of aliphatic hydroxyl groups excluding tert-OH is 1. The van der Waals surface area contributed by atoms with E-state index in [-0.39, 0.29) is 44.6 Å². The molecule has 0 aliphatic heterocycles. The Morgan fingerprint density at radius 3 is 1.61 bits per heavy atom. The van der Waals surface area contributed by atoms with Crippen LogP contribution in [0.25, 0.3) is 11.1 Å². The molecule has 404 valence electrons. The number of ether oxygens (including phenoxy) is 1. The van der Waals surface area contributed by atoms with Gasteiger partial charge in [0.15, 0.2) is 0 Å². The molecule has 0 heterocycles. The number of aromatic hydroxyl groups is 1. The lowest BCUT2D eigenvalue weighted by molar-refractivity contribution is -0.140. The summed E-state index contributed by atoms with van der Waals surface area (Å²) in [6, 6.07) is 20.0. The summed E-state index contributed by atoms with van der Waals surface area (Å²) in [6.45, 7) is 3.62. The van der Waals surface area contributed by atoms with Gasteiger partial charge in [0.05, 0.1) is 24.9 Å². The number of hydrogen-bond acceptors (Lipinski definition) is 14. The molecule has 6 amide bonds. The van der Waals surface area contributed by atoms with E-state index in [4.69, 9.17) is 27.0 Å². The maximum atomic E-state index is 14.0. The number of nitrogens with one attached hydrogen (secondary N) is 6. The fraction of sp³-hybridized carbons (Fsp3) is 0.396. The molecule has 4 aromatic carbocycles. The number of carboxylic acid groups (broad SMARTS) is 2. The molecule has 4 aromatic rings. The van der Waals surface area contributed by atoms with Crippen molar-refractivity contribution in [3.8, 4) is 16.9 Å². The van der Waals surface area contributed by atoms with Gasteiger partial charge < -0.3 is 74.3 Å². The number of aliphatic carboxylic acids is 2. The third kappa shape index (κ3) is 19.9. The first-order chi connectivity index (χ1) is 35.6. The van der Waals surface area contributed by atoms with Crippen molar-refractivity contribution in [1.82, 2.24) is 31.9 Å². The van der Waals surface area contributed by atoms with Gasteiger partial charge in [-0.3, -0.25) is 38.4 Å². The van der Waals surface area contributed by atoms with Crippen LogP contribution in [-0.2, 0) is 69.0 Å². The molecule has 22 heteroatoms. The van der Waals surface area contributed by atoms with Crippen molar-refractivity contribution in [2.24, 2.45) is 17.2 Å². The highest BCUT2D eigenvalue weighted by Crippen LogP contribution is 2.22. The van der Waals surface area contributed by atoms with Crippen LogP contribution in [0.15, 0.2) is 103 Å². The van der Waals surface area contributed by atoms with E-state index in [1.807, 2.05) is 30.3 Å². The minimum atomic E-state index is -1.68. The Hall–Kier alpha value is -7.76. The van der Waals surface area contributed by atoms with Crippen molar-refractivity contribution in [3.63, 3.8) is 0 Å². The van der Waals surface area contributed by atoms with Gasteiger partial charge in [-0.1, -0.05) is 91.0 Å². The van der Waals surface area contributed by atoms with Crippen LogP contribution in [0.3, 0.4) is 0 Å². The third-order valence-electron chi connectivity index (χ3n) is 12.0. The number of amides is 6. The molecule has 0 saturated heterocycles. The molecule has 0 aliphatic rings. The van der Waals surface area contributed by atoms with Crippen LogP contribution in [0.1, 0.15) is 62.3 Å². The predicted molar refractivity (Wildman–Crippen MR) is 276 cm³/mol.